The minimum Gasteiger partial charge on any atom is -0.381 e. The fourth-order valence-electron chi connectivity index (χ4n) is 1.52. The summed E-state index contributed by atoms with van der Waals surface area (Å²) in [5, 5.41) is 11.9. The Morgan fingerprint density at radius 2 is 1.88 bits per heavy atom. The maximum Gasteiger partial charge on any atom is 0.123 e. The molecule has 2 aromatic carbocycles. The average Bonchev–Trinajstić information content (AvgIpc) is 2.38. The normalized spacial score (nSPS) is 9.65. The molecule has 0 aliphatic carbocycles. The van der Waals surface area contributed by atoms with Crippen molar-refractivity contribution < 1.29 is 4.39 Å². The van der Waals surface area contributed by atoms with Gasteiger partial charge in [0.25, 0.3) is 0 Å². The smallest absolute Gasteiger partial charge is 0.123 e. The number of hydrogen-bond donors (Lipinski definition) is 1. The Kier molecular flexibility index (Phi) is 3.37. The number of rotatable bonds is 3. The third-order valence-corrected chi connectivity index (χ3v) is 2.40. The molecule has 0 aliphatic rings. The van der Waals surface area contributed by atoms with Crippen LogP contribution in [0.3, 0.4) is 0 Å². The zero-order valence-electron chi connectivity index (χ0n) is 9.15. The van der Waals surface area contributed by atoms with E-state index in [-0.39, 0.29) is 5.82 Å². The summed E-state index contributed by atoms with van der Waals surface area (Å²) in [7, 11) is 0. The Morgan fingerprint density at radius 3 is 2.59 bits per heavy atom. The molecule has 2 aromatic rings. The van der Waals surface area contributed by atoms with Crippen molar-refractivity contribution in [1.82, 2.24) is 0 Å². The molecule has 0 atom stereocenters. The number of nitrogens with zero attached hydrogens (tertiary/aromatic N) is 1. The van der Waals surface area contributed by atoms with E-state index in [1.54, 1.807) is 18.2 Å². The SMILES string of the molecule is N#Cc1cccc(CNc2ccc(F)cc2)c1. The summed E-state index contributed by atoms with van der Waals surface area (Å²) >= 11 is 0. The van der Waals surface area contributed by atoms with Crippen molar-refractivity contribution in [2.24, 2.45) is 0 Å². The van der Waals surface area contributed by atoms with Crippen molar-refractivity contribution in [2.45, 2.75) is 6.54 Å². The van der Waals surface area contributed by atoms with Gasteiger partial charge in [-0.15, -0.1) is 0 Å². The first kappa shape index (κ1) is 11.2. The van der Waals surface area contributed by atoms with E-state index in [1.165, 1.54) is 12.1 Å². The van der Waals surface area contributed by atoms with Crippen molar-refractivity contribution in [3.63, 3.8) is 0 Å². The van der Waals surface area contributed by atoms with E-state index in [0.29, 0.717) is 12.1 Å². The summed E-state index contributed by atoms with van der Waals surface area (Å²) in [4.78, 5) is 0. The largest absolute Gasteiger partial charge is 0.381 e. The number of nitriles is 1. The van der Waals surface area contributed by atoms with Crippen LogP contribution in [-0.2, 0) is 6.54 Å². The lowest BCUT2D eigenvalue weighted by atomic mass is 10.1. The maximum absolute atomic E-state index is 12.7. The van der Waals surface area contributed by atoms with Gasteiger partial charge in [-0.25, -0.2) is 4.39 Å². The van der Waals surface area contributed by atoms with Crippen LogP contribution in [0.2, 0.25) is 0 Å². The molecule has 0 spiro atoms. The Hall–Kier alpha value is -2.34. The molecule has 0 aliphatic heterocycles. The second kappa shape index (κ2) is 5.13. The van der Waals surface area contributed by atoms with Crippen LogP contribution < -0.4 is 5.32 Å². The first-order chi connectivity index (χ1) is 8.28. The molecule has 84 valence electrons. The van der Waals surface area contributed by atoms with Crippen molar-refractivity contribution in [1.29, 1.82) is 5.26 Å². The van der Waals surface area contributed by atoms with Gasteiger partial charge in [0.05, 0.1) is 11.6 Å². The number of hydrogen-bond acceptors (Lipinski definition) is 2. The molecule has 0 saturated carbocycles. The van der Waals surface area contributed by atoms with E-state index in [9.17, 15) is 4.39 Å². The lowest BCUT2D eigenvalue weighted by molar-refractivity contribution is 0.628. The fourth-order valence-corrected chi connectivity index (χ4v) is 1.52. The van der Waals surface area contributed by atoms with Crippen LogP contribution in [0.25, 0.3) is 0 Å². The van der Waals surface area contributed by atoms with E-state index in [4.69, 9.17) is 5.26 Å². The van der Waals surface area contributed by atoms with Crippen molar-refractivity contribution in [3.8, 4) is 6.07 Å². The van der Waals surface area contributed by atoms with Gasteiger partial charge in [0.1, 0.15) is 5.82 Å². The number of halogens is 1. The number of benzene rings is 2. The van der Waals surface area contributed by atoms with Crippen molar-refractivity contribution in [3.05, 3.63) is 65.5 Å². The van der Waals surface area contributed by atoms with Gasteiger partial charge in [0.2, 0.25) is 0 Å². The molecule has 0 unspecified atom stereocenters. The Bertz CT molecular complexity index is 541. The highest BCUT2D eigenvalue weighted by Gasteiger charge is 1.96. The van der Waals surface area contributed by atoms with Gasteiger partial charge >= 0.3 is 0 Å². The van der Waals surface area contributed by atoms with E-state index in [1.807, 2.05) is 18.2 Å². The summed E-state index contributed by atoms with van der Waals surface area (Å²) < 4.78 is 12.7. The van der Waals surface area contributed by atoms with Gasteiger partial charge < -0.3 is 5.32 Å². The molecule has 0 radical (unpaired) electrons. The molecule has 0 aromatic heterocycles. The van der Waals surface area contributed by atoms with Gasteiger partial charge in [-0.05, 0) is 42.0 Å². The predicted molar refractivity (Wildman–Crippen MR) is 64.9 cm³/mol. The highest BCUT2D eigenvalue weighted by molar-refractivity contribution is 5.44. The van der Waals surface area contributed by atoms with Crippen LogP contribution in [-0.4, -0.2) is 0 Å². The summed E-state index contributed by atoms with van der Waals surface area (Å²) in [6.45, 7) is 0.612. The highest BCUT2D eigenvalue weighted by atomic mass is 19.1. The number of nitrogens with one attached hydrogen (secondary N) is 1. The van der Waals surface area contributed by atoms with Crippen LogP contribution in [0.1, 0.15) is 11.1 Å². The zero-order chi connectivity index (χ0) is 12.1. The average molecular weight is 226 g/mol. The Labute approximate surface area is 99.3 Å². The monoisotopic (exact) mass is 226 g/mol. The summed E-state index contributed by atoms with van der Waals surface area (Å²) in [5.41, 5.74) is 2.52. The summed E-state index contributed by atoms with van der Waals surface area (Å²) in [6, 6.07) is 15.7. The topological polar surface area (TPSA) is 35.8 Å². The standard InChI is InChI=1S/C14H11FN2/c15-13-4-6-14(7-5-13)17-10-12-3-1-2-11(8-12)9-16/h1-8,17H,10H2. The fraction of sp³-hybridized carbons (Fsp3) is 0.0714. The molecule has 0 amide bonds. The highest BCUT2D eigenvalue weighted by Crippen LogP contribution is 2.11. The maximum atomic E-state index is 12.7. The van der Waals surface area contributed by atoms with E-state index in [0.717, 1.165) is 11.3 Å². The first-order valence-electron chi connectivity index (χ1n) is 5.26. The lowest BCUT2D eigenvalue weighted by Gasteiger charge is -2.06. The molecule has 0 bridgehead atoms. The van der Waals surface area contributed by atoms with Crippen LogP contribution in [0.5, 0.6) is 0 Å². The first-order valence-corrected chi connectivity index (χ1v) is 5.26. The second-order valence-electron chi connectivity index (χ2n) is 3.67. The van der Waals surface area contributed by atoms with Gasteiger partial charge in [-0.1, -0.05) is 12.1 Å². The molecule has 2 nitrogen and oxygen atoms in total. The van der Waals surface area contributed by atoms with E-state index >= 15 is 0 Å². The van der Waals surface area contributed by atoms with E-state index < -0.39 is 0 Å². The van der Waals surface area contributed by atoms with Gasteiger partial charge in [0, 0.05) is 12.2 Å². The van der Waals surface area contributed by atoms with Gasteiger partial charge in [-0.2, -0.15) is 5.26 Å². The second-order valence-corrected chi connectivity index (χ2v) is 3.67. The molecule has 17 heavy (non-hydrogen) atoms. The molecular formula is C14H11FN2. The molecule has 1 N–H and O–H groups in total. The third kappa shape index (κ3) is 3.05. The molecule has 0 saturated heterocycles. The third-order valence-electron chi connectivity index (χ3n) is 2.40. The van der Waals surface area contributed by atoms with E-state index in [2.05, 4.69) is 11.4 Å². The zero-order valence-corrected chi connectivity index (χ0v) is 9.15. The van der Waals surface area contributed by atoms with Crippen molar-refractivity contribution in [2.75, 3.05) is 5.32 Å². The summed E-state index contributed by atoms with van der Waals surface area (Å²) in [5.74, 6) is -0.248. The quantitative estimate of drug-likeness (QED) is 0.871. The van der Waals surface area contributed by atoms with Gasteiger partial charge in [-0.3, -0.25) is 0 Å². The number of anilines is 1. The molecule has 0 heterocycles. The van der Waals surface area contributed by atoms with Crippen molar-refractivity contribution >= 4 is 5.69 Å². The van der Waals surface area contributed by atoms with Crippen LogP contribution >= 0.6 is 0 Å². The van der Waals surface area contributed by atoms with Gasteiger partial charge in [0.15, 0.2) is 0 Å². The molecule has 0 fully saturated rings. The summed E-state index contributed by atoms with van der Waals surface area (Å²) in [6.07, 6.45) is 0. The molecule has 2 rings (SSSR count). The minimum atomic E-state index is -0.248. The van der Waals surface area contributed by atoms with Crippen LogP contribution in [0.15, 0.2) is 48.5 Å². The van der Waals surface area contributed by atoms with Crippen LogP contribution in [0.4, 0.5) is 10.1 Å². The predicted octanol–water partition coefficient (Wildman–Crippen LogP) is 3.31. The minimum absolute atomic E-state index is 0.248. The Morgan fingerprint density at radius 1 is 1.12 bits per heavy atom. The Balaban J connectivity index is 2.02. The van der Waals surface area contributed by atoms with Crippen LogP contribution in [0, 0.1) is 17.1 Å². The molecule has 3 heteroatoms. The lowest BCUT2D eigenvalue weighted by Crippen LogP contribution is -1.99. The molecular weight excluding hydrogens is 215 g/mol.